The number of benzene rings is 1. The summed E-state index contributed by atoms with van der Waals surface area (Å²) in [6.45, 7) is -1.88. The fraction of sp³-hybridized carbons (Fsp3) is 0.529. The van der Waals surface area contributed by atoms with Gasteiger partial charge >= 0.3 is 6.18 Å². The molecule has 1 heterocycles. The zero-order valence-electron chi connectivity index (χ0n) is 15.4. The van der Waals surface area contributed by atoms with Gasteiger partial charge in [-0.2, -0.15) is 13.2 Å². The lowest BCUT2D eigenvalue weighted by Crippen LogP contribution is -2.47. The van der Waals surface area contributed by atoms with Gasteiger partial charge in [-0.05, 0) is 25.2 Å². The maximum absolute atomic E-state index is 13.5. The normalized spacial score (nSPS) is 16.4. The molecule has 0 bridgehead atoms. The van der Waals surface area contributed by atoms with Gasteiger partial charge in [0.15, 0.2) is 0 Å². The molecule has 0 saturated carbocycles. The summed E-state index contributed by atoms with van der Waals surface area (Å²) in [7, 11) is 1.02. The van der Waals surface area contributed by atoms with Crippen molar-refractivity contribution < 1.29 is 36.3 Å². The second-order valence-corrected chi connectivity index (χ2v) is 6.41. The van der Waals surface area contributed by atoms with E-state index >= 15 is 0 Å². The van der Waals surface area contributed by atoms with Gasteiger partial charge in [-0.15, -0.1) is 6.54 Å². The quantitative estimate of drug-likeness (QED) is 0.684. The lowest BCUT2D eigenvalue weighted by atomic mass is 10.1. The van der Waals surface area contributed by atoms with E-state index in [1.165, 1.54) is 11.0 Å². The molecule has 2 N–H and O–H groups in total. The predicted octanol–water partition coefficient (Wildman–Crippen LogP) is 2.84. The molecule has 2 amide bonds. The van der Waals surface area contributed by atoms with E-state index in [0.717, 1.165) is 19.2 Å². The molecule has 162 valence electrons. The van der Waals surface area contributed by atoms with Gasteiger partial charge in [-0.25, -0.2) is 8.78 Å². The van der Waals surface area contributed by atoms with Crippen molar-refractivity contribution in [2.24, 2.45) is 0 Å². The number of hydrogen-bond donors (Lipinski definition) is 1. The Morgan fingerprint density at radius 3 is 2.62 bits per heavy atom. The van der Waals surface area contributed by atoms with Crippen LogP contribution < -0.4 is 10.2 Å². The van der Waals surface area contributed by atoms with Crippen molar-refractivity contribution in [2.75, 3.05) is 50.1 Å². The van der Waals surface area contributed by atoms with Gasteiger partial charge in [-0.1, -0.05) is 0 Å². The Morgan fingerprint density at radius 2 is 2.07 bits per heavy atom. The van der Waals surface area contributed by atoms with Crippen LogP contribution in [0.5, 0.6) is 0 Å². The average Bonchev–Trinajstić information content (AvgIpc) is 2.61. The second-order valence-electron chi connectivity index (χ2n) is 6.41. The molecule has 0 aromatic heterocycles. The number of anilines is 2. The van der Waals surface area contributed by atoms with E-state index in [4.69, 9.17) is 10.5 Å². The summed E-state index contributed by atoms with van der Waals surface area (Å²) in [5.74, 6) is -1.42. The van der Waals surface area contributed by atoms with E-state index in [0.29, 0.717) is 4.90 Å². The smallest absolute Gasteiger partial charge is 0.401 e. The number of nitrogens with zero attached hydrogens (tertiary/aromatic N) is 2. The summed E-state index contributed by atoms with van der Waals surface area (Å²) >= 11 is 0. The molecule has 2 rings (SSSR count). The van der Waals surface area contributed by atoms with E-state index in [9.17, 15) is 31.5 Å². The highest BCUT2D eigenvalue weighted by Crippen LogP contribution is 2.32. The fourth-order valence-corrected chi connectivity index (χ4v) is 2.86. The average molecular weight is 423 g/mol. The molecule has 1 fully saturated rings. The molecule has 29 heavy (non-hydrogen) atoms. The SMILES string of the molecule is CN(CC(F)(F)F)[C@H](C[NH-])C(=O)Nc1ccc(N2CCOCC2=O)cc1C(F)F. The Hall–Kier alpha value is -2.31. The van der Waals surface area contributed by atoms with Crippen LogP contribution in [0.15, 0.2) is 18.2 Å². The van der Waals surface area contributed by atoms with Gasteiger partial charge in [0.05, 0.1) is 19.2 Å². The van der Waals surface area contributed by atoms with Gasteiger partial charge < -0.3 is 20.7 Å². The van der Waals surface area contributed by atoms with Crippen LogP contribution in [-0.2, 0) is 14.3 Å². The van der Waals surface area contributed by atoms with Gasteiger partial charge in [0.25, 0.3) is 12.3 Å². The Bertz CT molecular complexity index is 744. The summed E-state index contributed by atoms with van der Waals surface area (Å²) in [6, 6.07) is 2.06. The van der Waals surface area contributed by atoms with Crippen LogP contribution in [0.3, 0.4) is 0 Å². The topological polar surface area (TPSA) is 85.7 Å². The summed E-state index contributed by atoms with van der Waals surface area (Å²) < 4.78 is 69.6. The van der Waals surface area contributed by atoms with Crippen molar-refractivity contribution in [1.29, 1.82) is 0 Å². The maximum Gasteiger partial charge on any atom is 0.401 e. The van der Waals surface area contributed by atoms with Crippen LogP contribution in [0.1, 0.15) is 12.0 Å². The van der Waals surface area contributed by atoms with Crippen LogP contribution in [0.4, 0.5) is 33.3 Å². The van der Waals surface area contributed by atoms with Crippen LogP contribution >= 0.6 is 0 Å². The van der Waals surface area contributed by atoms with E-state index in [-0.39, 0.29) is 31.1 Å². The van der Waals surface area contributed by atoms with Crippen molar-refractivity contribution in [3.05, 3.63) is 29.5 Å². The molecular formula is C17H20F5N4O3-. The highest BCUT2D eigenvalue weighted by molar-refractivity contribution is 5.98. The molecule has 0 radical (unpaired) electrons. The molecule has 1 aromatic rings. The third-order valence-corrected chi connectivity index (χ3v) is 4.28. The Labute approximate surface area is 163 Å². The highest BCUT2D eigenvalue weighted by Gasteiger charge is 2.33. The lowest BCUT2D eigenvalue weighted by molar-refractivity contribution is -0.149. The first-order chi connectivity index (χ1) is 13.5. The number of morpholine rings is 1. The number of hydrogen-bond acceptors (Lipinski definition) is 4. The molecule has 1 saturated heterocycles. The summed E-state index contributed by atoms with van der Waals surface area (Å²) in [4.78, 5) is 26.1. The lowest BCUT2D eigenvalue weighted by Gasteiger charge is -2.30. The number of ether oxygens (including phenoxy) is 1. The number of likely N-dealkylation sites (N-methyl/N-ethyl adjacent to an activating group) is 1. The zero-order valence-corrected chi connectivity index (χ0v) is 15.4. The molecule has 1 aromatic carbocycles. The van der Waals surface area contributed by atoms with E-state index in [1.807, 2.05) is 0 Å². The third-order valence-electron chi connectivity index (χ3n) is 4.28. The second kappa shape index (κ2) is 9.46. The summed E-state index contributed by atoms with van der Waals surface area (Å²) in [5.41, 5.74) is 6.66. The van der Waals surface area contributed by atoms with Crippen molar-refractivity contribution in [3.8, 4) is 0 Å². The number of amides is 2. The van der Waals surface area contributed by atoms with Gasteiger partial charge in [0, 0.05) is 23.5 Å². The summed E-state index contributed by atoms with van der Waals surface area (Å²) in [6.07, 6.45) is -7.59. The minimum atomic E-state index is -4.58. The Morgan fingerprint density at radius 1 is 1.38 bits per heavy atom. The predicted molar refractivity (Wildman–Crippen MR) is 94.9 cm³/mol. The number of halogens is 5. The van der Waals surface area contributed by atoms with Gasteiger partial charge in [0.2, 0.25) is 5.91 Å². The van der Waals surface area contributed by atoms with E-state index in [1.54, 1.807) is 0 Å². The minimum absolute atomic E-state index is 0.177. The number of nitrogens with one attached hydrogen (secondary N) is 2. The number of rotatable bonds is 7. The monoisotopic (exact) mass is 423 g/mol. The molecule has 0 unspecified atom stereocenters. The van der Waals surface area contributed by atoms with Crippen LogP contribution in [0.2, 0.25) is 0 Å². The molecular weight excluding hydrogens is 403 g/mol. The van der Waals surface area contributed by atoms with E-state index in [2.05, 4.69) is 5.32 Å². The Balaban J connectivity index is 2.22. The number of alkyl halides is 5. The first-order valence-corrected chi connectivity index (χ1v) is 8.56. The highest BCUT2D eigenvalue weighted by atomic mass is 19.4. The number of carbonyl (C=O) groups excluding carboxylic acids is 2. The molecule has 1 atom stereocenters. The summed E-state index contributed by atoms with van der Waals surface area (Å²) in [5, 5.41) is 2.17. The molecule has 1 aliphatic rings. The van der Waals surface area contributed by atoms with Crippen LogP contribution in [-0.4, -0.2) is 68.8 Å². The minimum Gasteiger partial charge on any atom is -0.676 e. The third kappa shape index (κ3) is 6.08. The largest absolute Gasteiger partial charge is 0.676 e. The molecule has 7 nitrogen and oxygen atoms in total. The molecule has 0 spiro atoms. The molecule has 1 aliphatic heterocycles. The fourth-order valence-electron chi connectivity index (χ4n) is 2.86. The van der Waals surface area contributed by atoms with Crippen LogP contribution in [0, 0.1) is 0 Å². The maximum atomic E-state index is 13.5. The van der Waals surface area contributed by atoms with Gasteiger partial charge in [0.1, 0.15) is 6.61 Å². The first-order valence-electron chi connectivity index (χ1n) is 8.56. The van der Waals surface area contributed by atoms with Gasteiger partial charge in [-0.3, -0.25) is 14.5 Å². The molecule has 12 heteroatoms. The zero-order chi connectivity index (χ0) is 21.8. The molecule has 0 aliphatic carbocycles. The Kier molecular flexibility index (Phi) is 7.49. The van der Waals surface area contributed by atoms with Crippen molar-refractivity contribution in [3.63, 3.8) is 0 Å². The first kappa shape index (κ1) is 23.0. The number of carbonyl (C=O) groups is 2. The van der Waals surface area contributed by atoms with Crippen molar-refractivity contribution >= 4 is 23.2 Å². The standard InChI is InChI=1S/C17H20F5N4O3/c1-25(9-17(20,21)22)13(7-23)16(28)24-12-3-2-10(6-11(12)15(18)19)26-4-5-29-8-14(26)27/h2-3,6,13,15,23H,4-5,7-9H2,1H3,(H,24,28)/q-1/t13-/m1/s1. The van der Waals surface area contributed by atoms with Crippen molar-refractivity contribution in [2.45, 2.75) is 18.6 Å². The van der Waals surface area contributed by atoms with E-state index < -0.39 is 49.1 Å². The van der Waals surface area contributed by atoms with Crippen molar-refractivity contribution in [1.82, 2.24) is 4.90 Å². The van der Waals surface area contributed by atoms with Crippen LogP contribution in [0.25, 0.3) is 5.73 Å².